The second kappa shape index (κ2) is 7.62. The zero-order chi connectivity index (χ0) is 17.6. The van der Waals surface area contributed by atoms with E-state index in [9.17, 15) is 9.90 Å². The molecule has 0 aromatic heterocycles. The number of carbonyl (C=O) groups excluding carboxylic acids is 1. The number of methoxy groups -OCH3 is 1. The lowest BCUT2D eigenvalue weighted by Gasteiger charge is -2.24. The van der Waals surface area contributed by atoms with Crippen LogP contribution in [0.15, 0.2) is 48.5 Å². The Morgan fingerprint density at radius 3 is 2.62 bits per heavy atom. The third-order valence-corrected chi connectivity index (χ3v) is 3.63. The highest BCUT2D eigenvalue weighted by Crippen LogP contribution is 2.17. The number of aliphatic hydroxyl groups is 1. The third-order valence-electron chi connectivity index (χ3n) is 3.63. The van der Waals surface area contributed by atoms with Crippen LogP contribution in [0.5, 0.6) is 5.75 Å². The minimum absolute atomic E-state index is 0.106. The van der Waals surface area contributed by atoms with Crippen molar-refractivity contribution >= 4 is 5.91 Å². The average molecular weight is 324 g/mol. The second-order valence-corrected chi connectivity index (χ2v) is 5.90. The molecular formula is C19H20N2O3. The van der Waals surface area contributed by atoms with Gasteiger partial charge in [0.05, 0.1) is 24.3 Å². The molecule has 24 heavy (non-hydrogen) atoms. The minimum Gasteiger partial charge on any atom is -0.497 e. The molecule has 0 saturated heterocycles. The average Bonchev–Trinajstić information content (AvgIpc) is 2.60. The van der Waals surface area contributed by atoms with Crippen LogP contribution in [-0.4, -0.2) is 30.3 Å². The van der Waals surface area contributed by atoms with Crippen molar-refractivity contribution in [3.05, 3.63) is 65.2 Å². The van der Waals surface area contributed by atoms with Gasteiger partial charge in [-0.05, 0) is 42.8 Å². The van der Waals surface area contributed by atoms with Crippen LogP contribution in [0, 0.1) is 11.3 Å². The molecule has 2 aromatic rings. The molecule has 0 bridgehead atoms. The highest BCUT2D eigenvalue weighted by molar-refractivity contribution is 5.94. The molecule has 0 aliphatic carbocycles. The maximum absolute atomic E-state index is 12.1. The van der Waals surface area contributed by atoms with E-state index in [0.717, 1.165) is 11.3 Å². The summed E-state index contributed by atoms with van der Waals surface area (Å²) in [6, 6.07) is 15.9. The first kappa shape index (κ1) is 17.5. The van der Waals surface area contributed by atoms with Crippen LogP contribution in [-0.2, 0) is 6.42 Å². The topological polar surface area (TPSA) is 82.3 Å². The molecule has 2 aromatic carbocycles. The monoisotopic (exact) mass is 324 g/mol. The fraction of sp³-hybridized carbons (Fsp3) is 0.263. The van der Waals surface area contributed by atoms with Crippen LogP contribution in [0.1, 0.15) is 28.4 Å². The number of nitrogens with one attached hydrogen (secondary N) is 1. The van der Waals surface area contributed by atoms with Gasteiger partial charge in [-0.3, -0.25) is 4.79 Å². The Balaban J connectivity index is 1.95. The first-order valence-corrected chi connectivity index (χ1v) is 7.57. The smallest absolute Gasteiger partial charge is 0.251 e. The van der Waals surface area contributed by atoms with E-state index in [1.165, 1.54) is 6.07 Å². The van der Waals surface area contributed by atoms with Gasteiger partial charge in [-0.2, -0.15) is 5.26 Å². The molecular weight excluding hydrogens is 304 g/mol. The van der Waals surface area contributed by atoms with Gasteiger partial charge in [-0.15, -0.1) is 0 Å². The van der Waals surface area contributed by atoms with Gasteiger partial charge in [0.15, 0.2) is 0 Å². The second-order valence-electron chi connectivity index (χ2n) is 5.90. The molecule has 0 radical (unpaired) electrons. The molecule has 2 N–H and O–H groups in total. The summed E-state index contributed by atoms with van der Waals surface area (Å²) in [6.07, 6.45) is 0.398. The molecule has 0 saturated carbocycles. The Morgan fingerprint density at radius 1 is 1.29 bits per heavy atom. The van der Waals surface area contributed by atoms with Crippen LogP contribution in [0.2, 0.25) is 0 Å². The fourth-order valence-corrected chi connectivity index (χ4v) is 2.35. The quantitative estimate of drug-likeness (QED) is 0.854. The van der Waals surface area contributed by atoms with Gasteiger partial charge in [-0.1, -0.05) is 18.2 Å². The Labute approximate surface area is 141 Å². The first-order valence-electron chi connectivity index (χ1n) is 7.57. The molecule has 1 atom stereocenters. The predicted molar refractivity (Wildman–Crippen MR) is 90.8 cm³/mol. The zero-order valence-corrected chi connectivity index (χ0v) is 13.7. The summed E-state index contributed by atoms with van der Waals surface area (Å²) in [6.45, 7) is 1.78. The SMILES string of the molecule is COc1ccc(CC(C)(O)CNC(=O)c2cccc(C#N)c2)cc1. The minimum atomic E-state index is -1.09. The first-order chi connectivity index (χ1) is 11.4. The Morgan fingerprint density at radius 2 is 2.00 bits per heavy atom. The van der Waals surface area contributed by atoms with Gasteiger partial charge >= 0.3 is 0 Å². The van der Waals surface area contributed by atoms with Crippen molar-refractivity contribution in [3.8, 4) is 11.8 Å². The predicted octanol–water partition coefficient (Wildman–Crippen LogP) is 2.29. The van der Waals surface area contributed by atoms with Crippen molar-refractivity contribution in [1.82, 2.24) is 5.32 Å². The molecule has 1 unspecified atom stereocenters. The Bertz CT molecular complexity index is 746. The molecule has 0 heterocycles. The molecule has 124 valence electrons. The lowest BCUT2D eigenvalue weighted by molar-refractivity contribution is 0.0552. The number of rotatable bonds is 6. The van der Waals surface area contributed by atoms with Crippen molar-refractivity contribution in [2.45, 2.75) is 18.9 Å². The van der Waals surface area contributed by atoms with Gasteiger partial charge in [0, 0.05) is 18.5 Å². The summed E-state index contributed by atoms with van der Waals surface area (Å²) in [5.74, 6) is 0.436. The lowest BCUT2D eigenvalue weighted by atomic mass is 9.96. The largest absolute Gasteiger partial charge is 0.497 e. The highest BCUT2D eigenvalue weighted by Gasteiger charge is 2.22. The Kier molecular flexibility index (Phi) is 5.56. The van der Waals surface area contributed by atoms with Crippen LogP contribution < -0.4 is 10.1 Å². The summed E-state index contributed by atoms with van der Waals surface area (Å²) in [4.78, 5) is 12.1. The van der Waals surface area contributed by atoms with Gasteiger partial charge in [-0.25, -0.2) is 0 Å². The summed E-state index contributed by atoms with van der Waals surface area (Å²) in [5, 5.41) is 22.1. The van der Waals surface area contributed by atoms with Gasteiger partial charge in [0.25, 0.3) is 5.91 Å². The summed E-state index contributed by atoms with van der Waals surface area (Å²) in [7, 11) is 1.60. The van der Waals surface area contributed by atoms with Crippen LogP contribution in [0.25, 0.3) is 0 Å². The van der Waals surface area contributed by atoms with Crippen molar-refractivity contribution < 1.29 is 14.6 Å². The molecule has 0 fully saturated rings. The number of hydrogen-bond acceptors (Lipinski definition) is 4. The molecule has 5 heteroatoms. The number of carbonyl (C=O) groups is 1. The van der Waals surface area contributed by atoms with Gasteiger partial charge < -0.3 is 15.2 Å². The molecule has 1 amide bonds. The van der Waals surface area contributed by atoms with E-state index < -0.39 is 5.60 Å². The molecule has 2 rings (SSSR count). The fourth-order valence-electron chi connectivity index (χ4n) is 2.35. The van der Waals surface area contributed by atoms with E-state index in [2.05, 4.69) is 5.32 Å². The van der Waals surface area contributed by atoms with E-state index in [1.807, 2.05) is 30.3 Å². The number of benzene rings is 2. The van der Waals surface area contributed by atoms with Gasteiger partial charge in [0.1, 0.15) is 5.75 Å². The number of nitrogens with zero attached hydrogens (tertiary/aromatic N) is 1. The van der Waals surface area contributed by atoms with Crippen LogP contribution in [0.3, 0.4) is 0 Å². The molecule has 0 spiro atoms. The van der Waals surface area contributed by atoms with Crippen molar-refractivity contribution in [1.29, 1.82) is 5.26 Å². The normalized spacial score (nSPS) is 12.8. The highest BCUT2D eigenvalue weighted by atomic mass is 16.5. The summed E-state index contributed by atoms with van der Waals surface area (Å²) in [5.41, 5.74) is 0.681. The summed E-state index contributed by atoms with van der Waals surface area (Å²) >= 11 is 0. The number of ether oxygens (including phenoxy) is 1. The van der Waals surface area contributed by atoms with Crippen molar-refractivity contribution in [2.75, 3.05) is 13.7 Å². The van der Waals surface area contributed by atoms with Crippen molar-refractivity contribution in [3.63, 3.8) is 0 Å². The van der Waals surface area contributed by atoms with Crippen molar-refractivity contribution in [2.24, 2.45) is 0 Å². The van der Waals surface area contributed by atoms with Crippen LogP contribution >= 0.6 is 0 Å². The number of amides is 1. The molecule has 5 nitrogen and oxygen atoms in total. The Hall–Kier alpha value is -2.84. The zero-order valence-electron chi connectivity index (χ0n) is 13.7. The number of hydrogen-bond donors (Lipinski definition) is 2. The van der Waals surface area contributed by atoms with E-state index in [-0.39, 0.29) is 12.5 Å². The molecule has 0 aliphatic heterocycles. The molecule has 0 aliphatic rings. The summed E-state index contributed by atoms with van der Waals surface area (Å²) < 4.78 is 5.10. The van der Waals surface area contributed by atoms with E-state index in [1.54, 1.807) is 32.2 Å². The van der Waals surface area contributed by atoms with E-state index >= 15 is 0 Å². The lowest BCUT2D eigenvalue weighted by Crippen LogP contribution is -2.42. The van der Waals surface area contributed by atoms with Gasteiger partial charge in [0.2, 0.25) is 0 Å². The maximum atomic E-state index is 12.1. The number of nitriles is 1. The van der Waals surface area contributed by atoms with E-state index in [4.69, 9.17) is 10.00 Å². The third kappa shape index (κ3) is 4.83. The standard InChI is InChI=1S/C19H20N2O3/c1-19(23,11-14-6-8-17(24-2)9-7-14)13-21-18(22)16-5-3-4-15(10-16)12-20/h3-10,23H,11,13H2,1-2H3,(H,21,22). The van der Waals surface area contributed by atoms with E-state index in [0.29, 0.717) is 17.5 Å². The van der Waals surface area contributed by atoms with Crippen LogP contribution in [0.4, 0.5) is 0 Å². The maximum Gasteiger partial charge on any atom is 0.251 e.